The zero-order valence-corrected chi connectivity index (χ0v) is 8.37. The maximum atomic E-state index is 5.40. The van der Waals surface area contributed by atoms with Crippen LogP contribution in [0, 0.1) is 0 Å². The number of thiazole rings is 1. The molecule has 0 aliphatic rings. The molecule has 1 heterocycles. The van der Waals surface area contributed by atoms with Crippen molar-refractivity contribution in [2.75, 3.05) is 6.54 Å². The lowest BCUT2D eigenvalue weighted by Gasteiger charge is -1.94. The van der Waals surface area contributed by atoms with Crippen LogP contribution in [0.2, 0.25) is 0 Å². The van der Waals surface area contributed by atoms with Gasteiger partial charge in [0.1, 0.15) is 0 Å². The van der Waals surface area contributed by atoms with Crippen molar-refractivity contribution in [1.29, 1.82) is 0 Å². The van der Waals surface area contributed by atoms with Crippen LogP contribution in [0.3, 0.4) is 0 Å². The van der Waals surface area contributed by atoms with Gasteiger partial charge in [-0.1, -0.05) is 0 Å². The van der Waals surface area contributed by atoms with Gasteiger partial charge in [-0.3, -0.25) is 4.99 Å². The van der Waals surface area contributed by atoms with E-state index in [0.717, 1.165) is 12.1 Å². The Labute approximate surface area is 85.6 Å². The van der Waals surface area contributed by atoms with E-state index in [0.29, 0.717) is 6.54 Å². The zero-order valence-electron chi connectivity index (χ0n) is 7.55. The second-order valence-corrected chi connectivity index (χ2v) is 3.23. The first-order chi connectivity index (χ1) is 6.68. The molecule has 7 heteroatoms. The van der Waals surface area contributed by atoms with Crippen LogP contribution in [0.5, 0.6) is 0 Å². The highest BCUT2D eigenvalue weighted by Crippen LogP contribution is 2.01. The molecule has 0 aromatic carbocycles. The van der Waals surface area contributed by atoms with E-state index in [-0.39, 0.29) is 11.9 Å². The van der Waals surface area contributed by atoms with Gasteiger partial charge < -0.3 is 17.2 Å². The maximum Gasteiger partial charge on any atom is 0.218 e. The molecule has 1 aromatic heterocycles. The Morgan fingerprint density at radius 2 is 2.21 bits per heavy atom. The molecule has 0 unspecified atom stereocenters. The molecule has 0 saturated carbocycles. The Morgan fingerprint density at radius 3 is 2.79 bits per heavy atom. The normalized spacial score (nSPS) is 11.3. The van der Waals surface area contributed by atoms with E-state index >= 15 is 0 Å². The van der Waals surface area contributed by atoms with Gasteiger partial charge in [-0.25, -0.2) is 4.98 Å². The van der Waals surface area contributed by atoms with Crippen LogP contribution < -0.4 is 17.2 Å². The lowest BCUT2D eigenvalue weighted by atomic mass is 10.3. The van der Waals surface area contributed by atoms with E-state index in [1.54, 1.807) is 16.8 Å². The van der Waals surface area contributed by atoms with E-state index in [4.69, 9.17) is 17.2 Å². The summed E-state index contributed by atoms with van der Waals surface area (Å²) < 4.78 is 0. The van der Waals surface area contributed by atoms with Gasteiger partial charge in [0.15, 0.2) is 5.96 Å². The highest BCUT2D eigenvalue weighted by atomic mass is 32.1. The average molecular weight is 212 g/mol. The summed E-state index contributed by atoms with van der Waals surface area (Å²) in [4.78, 5) is 11.6. The topological polar surface area (TPSA) is 116 Å². The molecule has 0 atom stereocenters. The SMILES string of the molecule is NC(N)=NC(N)=NCCc1cscn1. The Hall–Kier alpha value is -1.63. The fraction of sp³-hybridized carbons (Fsp3) is 0.286. The van der Waals surface area contributed by atoms with E-state index in [1.165, 1.54) is 0 Å². The van der Waals surface area contributed by atoms with Crippen molar-refractivity contribution in [3.8, 4) is 0 Å². The Morgan fingerprint density at radius 1 is 1.43 bits per heavy atom. The summed E-state index contributed by atoms with van der Waals surface area (Å²) in [6.45, 7) is 0.534. The molecule has 0 saturated heterocycles. The summed E-state index contributed by atoms with van der Waals surface area (Å²) in [5.74, 6) is 0.0140. The van der Waals surface area contributed by atoms with Gasteiger partial charge in [-0.15, -0.1) is 11.3 Å². The van der Waals surface area contributed by atoms with Crippen LogP contribution in [-0.4, -0.2) is 23.4 Å². The number of aromatic nitrogens is 1. The Bertz CT molecular complexity index is 324. The van der Waals surface area contributed by atoms with E-state index < -0.39 is 0 Å². The second kappa shape index (κ2) is 5.18. The van der Waals surface area contributed by atoms with Gasteiger partial charge in [0.2, 0.25) is 5.96 Å². The predicted octanol–water partition coefficient (Wildman–Crippen LogP) is -0.726. The largest absolute Gasteiger partial charge is 0.370 e. The lowest BCUT2D eigenvalue weighted by Crippen LogP contribution is -2.26. The summed E-state index contributed by atoms with van der Waals surface area (Å²) in [7, 11) is 0. The monoisotopic (exact) mass is 212 g/mol. The van der Waals surface area contributed by atoms with Crippen molar-refractivity contribution >= 4 is 23.3 Å². The molecular formula is C7H12N6S. The summed E-state index contributed by atoms with van der Waals surface area (Å²) in [5.41, 5.74) is 18.4. The van der Waals surface area contributed by atoms with Gasteiger partial charge in [-0.2, -0.15) is 4.99 Å². The van der Waals surface area contributed by atoms with Gasteiger partial charge in [-0.05, 0) is 0 Å². The zero-order chi connectivity index (χ0) is 10.4. The number of rotatable bonds is 3. The third kappa shape index (κ3) is 3.85. The average Bonchev–Trinajstić information content (AvgIpc) is 2.55. The molecule has 14 heavy (non-hydrogen) atoms. The fourth-order valence-corrected chi connectivity index (χ4v) is 1.41. The van der Waals surface area contributed by atoms with Gasteiger partial charge >= 0.3 is 0 Å². The highest BCUT2D eigenvalue weighted by Gasteiger charge is 1.94. The standard InChI is InChI=1S/C7H12N6S/c8-6(9)13-7(10)11-2-1-5-3-14-4-12-5/h3-4H,1-2H2,(H6,8,9,10,11,13). The first-order valence-electron chi connectivity index (χ1n) is 3.95. The molecule has 0 aliphatic carbocycles. The quantitative estimate of drug-likeness (QED) is 0.452. The van der Waals surface area contributed by atoms with Crippen LogP contribution in [-0.2, 0) is 6.42 Å². The van der Waals surface area contributed by atoms with Gasteiger partial charge in [0, 0.05) is 18.3 Å². The van der Waals surface area contributed by atoms with E-state index in [2.05, 4.69) is 15.0 Å². The molecule has 1 aromatic rings. The molecule has 0 fully saturated rings. The first kappa shape index (κ1) is 10.5. The molecule has 6 N–H and O–H groups in total. The lowest BCUT2D eigenvalue weighted by molar-refractivity contribution is 0.931. The minimum absolute atomic E-state index is 0.0834. The number of hydrogen-bond acceptors (Lipinski definition) is 3. The molecule has 0 amide bonds. The minimum atomic E-state index is -0.0834. The van der Waals surface area contributed by atoms with Crippen LogP contribution >= 0.6 is 11.3 Å². The predicted molar refractivity (Wildman–Crippen MR) is 58.1 cm³/mol. The third-order valence-electron chi connectivity index (χ3n) is 1.37. The molecule has 1 rings (SSSR count). The molecule has 0 spiro atoms. The van der Waals surface area contributed by atoms with E-state index in [9.17, 15) is 0 Å². The third-order valence-corrected chi connectivity index (χ3v) is 2.00. The van der Waals surface area contributed by atoms with Crippen molar-refractivity contribution < 1.29 is 0 Å². The molecular weight excluding hydrogens is 200 g/mol. The van der Waals surface area contributed by atoms with Crippen molar-refractivity contribution in [2.45, 2.75) is 6.42 Å². The van der Waals surface area contributed by atoms with Crippen molar-refractivity contribution in [2.24, 2.45) is 27.2 Å². The van der Waals surface area contributed by atoms with E-state index in [1.807, 2.05) is 5.38 Å². The molecule has 0 radical (unpaired) electrons. The highest BCUT2D eigenvalue weighted by molar-refractivity contribution is 7.07. The van der Waals surface area contributed by atoms with Gasteiger partial charge in [0.05, 0.1) is 11.2 Å². The van der Waals surface area contributed by atoms with Crippen molar-refractivity contribution in [3.05, 3.63) is 16.6 Å². The maximum absolute atomic E-state index is 5.40. The first-order valence-corrected chi connectivity index (χ1v) is 4.89. The smallest absolute Gasteiger partial charge is 0.218 e. The molecule has 0 bridgehead atoms. The number of guanidine groups is 2. The number of hydrogen-bond donors (Lipinski definition) is 3. The van der Waals surface area contributed by atoms with Gasteiger partial charge in [0.25, 0.3) is 0 Å². The van der Waals surface area contributed by atoms with Crippen LogP contribution in [0.15, 0.2) is 20.9 Å². The van der Waals surface area contributed by atoms with Crippen LogP contribution in [0.1, 0.15) is 5.69 Å². The summed E-state index contributed by atoms with van der Waals surface area (Å²) in [6, 6.07) is 0. The fourth-order valence-electron chi connectivity index (χ4n) is 0.814. The van der Waals surface area contributed by atoms with Crippen molar-refractivity contribution in [1.82, 2.24) is 4.98 Å². The Kier molecular flexibility index (Phi) is 3.86. The molecule has 6 nitrogen and oxygen atoms in total. The summed E-state index contributed by atoms with van der Waals surface area (Å²) >= 11 is 1.55. The van der Waals surface area contributed by atoms with Crippen LogP contribution in [0.25, 0.3) is 0 Å². The molecule has 76 valence electrons. The minimum Gasteiger partial charge on any atom is -0.370 e. The second-order valence-electron chi connectivity index (χ2n) is 2.51. The summed E-state index contributed by atoms with van der Waals surface area (Å²) in [5, 5.41) is 1.96. The van der Waals surface area contributed by atoms with Crippen molar-refractivity contribution in [3.63, 3.8) is 0 Å². The number of aliphatic imine (C=N–C) groups is 2. The summed E-state index contributed by atoms with van der Waals surface area (Å²) in [6.07, 6.45) is 0.740. The molecule has 0 aliphatic heterocycles. The number of nitrogens with two attached hydrogens (primary N) is 3. The number of nitrogens with zero attached hydrogens (tertiary/aromatic N) is 3. The van der Waals surface area contributed by atoms with Crippen LogP contribution in [0.4, 0.5) is 0 Å². The Balaban J connectivity index is 2.37.